The van der Waals surface area contributed by atoms with Gasteiger partial charge in [-0.2, -0.15) is 0 Å². The average molecular weight is 305 g/mol. The van der Waals surface area contributed by atoms with E-state index in [1.54, 1.807) is 0 Å². The highest BCUT2D eigenvalue weighted by molar-refractivity contribution is 8.00. The highest BCUT2D eigenvalue weighted by atomic mass is 32.2. The van der Waals surface area contributed by atoms with Crippen LogP contribution in [0.25, 0.3) is 0 Å². The Bertz CT molecular complexity index is 510. The molecule has 3 N–H and O–H groups in total. The Morgan fingerprint density at radius 1 is 1.35 bits per heavy atom. The predicted molar refractivity (Wildman–Crippen MR) is 68.3 cm³/mol. The van der Waals surface area contributed by atoms with Crippen molar-refractivity contribution in [1.82, 2.24) is 5.32 Å². The molecule has 1 aromatic carbocycles. The van der Waals surface area contributed by atoms with Crippen LogP contribution in [-0.2, 0) is 9.59 Å². The maximum Gasteiger partial charge on any atom is 0.328 e. The summed E-state index contributed by atoms with van der Waals surface area (Å²) in [6, 6.07) is 1.77. The maximum absolute atomic E-state index is 12.9. The normalized spacial score (nSPS) is 13.6. The van der Waals surface area contributed by atoms with Gasteiger partial charge in [-0.05, 0) is 25.1 Å². The Balaban J connectivity index is 2.54. The number of nitrogens with one attached hydrogen (secondary N) is 1. The molecular formula is C12H13F2NO4S. The molecule has 0 saturated carbocycles. The fourth-order valence-corrected chi connectivity index (χ4v) is 2.05. The minimum Gasteiger partial charge on any atom is -0.480 e. The van der Waals surface area contributed by atoms with Gasteiger partial charge < -0.3 is 15.5 Å². The summed E-state index contributed by atoms with van der Waals surface area (Å²) in [5.41, 5.74) is 0. The lowest BCUT2D eigenvalue weighted by molar-refractivity contribution is -0.144. The minimum absolute atomic E-state index is 0.179. The summed E-state index contributed by atoms with van der Waals surface area (Å²) in [6.07, 6.45) is -1.25. The van der Waals surface area contributed by atoms with E-state index < -0.39 is 35.7 Å². The summed E-state index contributed by atoms with van der Waals surface area (Å²) in [6.45, 7) is 1.24. The first-order valence-electron chi connectivity index (χ1n) is 5.59. The average Bonchev–Trinajstić information content (AvgIpc) is 2.36. The third-order valence-electron chi connectivity index (χ3n) is 2.33. The topological polar surface area (TPSA) is 86.6 Å². The van der Waals surface area contributed by atoms with Crippen molar-refractivity contribution in [2.45, 2.75) is 24.0 Å². The first-order chi connectivity index (χ1) is 9.31. The summed E-state index contributed by atoms with van der Waals surface area (Å²) < 4.78 is 25.6. The van der Waals surface area contributed by atoms with Crippen molar-refractivity contribution >= 4 is 23.6 Å². The fourth-order valence-electron chi connectivity index (χ4n) is 1.32. The number of amides is 1. The van der Waals surface area contributed by atoms with E-state index in [1.807, 2.05) is 0 Å². The molecule has 5 nitrogen and oxygen atoms in total. The first-order valence-corrected chi connectivity index (χ1v) is 6.58. The summed E-state index contributed by atoms with van der Waals surface area (Å²) >= 11 is 0.924. The molecule has 2 atom stereocenters. The van der Waals surface area contributed by atoms with Crippen molar-refractivity contribution < 1.29 is 28.6 Å². The Morgan fingerprint density at radius 3 is 2.50 bits per heavy atom. The fraction of sp³-hybridized carbons (Fsp3) is 0.333. The number of carbonyl (C=O) groups is 2. The van der Waals surface area contributed by atoms with Gasteiger partial charge in [0.05, 0.1) is 11.9 Å². The number of carbonyl (C=O) groups excluding carboxylic acids is 1. The number of hydrogen-bond donors (Lipinski definition) is 3. The number of aliphatic carboxylic acids is 1. The van der Waals surface area contributed by atoms with E-state index in [2.05, 4.69) is 5.32 Å². The molecule has 0 heterocycles. The van der Waals surface area contributed by atoms with Crippen molar-refractivity contribution in [2.75, 3.05) is 5.75 Å². The van der Waals surface area contributed by atoms with Gasteiger partial charge in [-0.1, -0.05) is 0 Å². The van der Waals surface area contributed by atoms with E-state index in [1.165, 1.54) is 13.0 Å². The van der Waals surface area contributed by atoms with Crippen LogP contribution in [0.4, 0.5) is 8.78 Å². The monoisotopic (exact) mass is 305 g/mol. The molecule has 1 amide bonds. The standard InChI is InChI=1S/C12H13F2NO4S/c1-6(16)11(12(18)19)15-10(17)5-20-7-2-3-8(13)9(14)4-7/h2-4,6,11,16H,5H2,1H3,(H,15,17)(H,18,19)/t6-,11+/m1/s1. The highest BCUT2D eigenvalue weighted by Gasteiger charge is 2.24. The highest BCUT2D eigenvalue weighted by Crippen LogP contribution is 2.20. The second-order valence-electron chi connectivity index (χ2n) is 3.99. The summed E-state index contributed by atoms with van der Waals surface area (Å²) in [5.74, 6) is -4.18. The van der Waals surface area contributed by atoms with E-state index in [4.69, 9.17) is 5.11 Å². The molecule has 0 radical (unpaired) electrons. The van der Waals surface area contributed by atoms with Gasteiger partial charge in [0.2, 0.25) is 5.91 Å². The van der Waals surface area contributed by atoms with E-state index in [0.29, 0.717) is 4.90 Å². The number of aliphatic hydroxyl groups excluding tert-OH is 1. The van der Waals surface area contributed by atoms with Crippen LogP contribution in [-0.4, -0.2) is 40.0 Å². The lowest BCUT2D eigenvalue weighted by atomic mass is 10.2. The van der Waals surface area contributed by atoms with Gasteiger partial charge in [-0.15, -0.1) is 11.8 Å². The third-order valence-corrected chi connectivity index (χ3v) is 3.32. The molecule has 0 aliphatic rings. The molecule has 110 valence electrons. The number of thioether (sulfide) groups is 1. The van der Waals surface area contributed by atoms with E-state index >= 15 is 0 Å². The molecule has 0 fully saturated rings. The van der Waals surface area contributed by atoms with Crippen molar-refractivity contribution in [2.24, 2.45) is 0 Å². The number of aliphatic hydroxyl groups is 1. The second-order valence-corrected chi connectivity index (χ2v) is 5.04. The second kappa shape index (κ2) is 7.20. The van der Waals surface area contributed by atoms with Crippen LogP contribution >= 0.6 is 11.8 Å². The van der Waals surface area contributed by atoms with Crippen LogP contribution in [0.1, 0.15) is 6.92 Å². The SMILES string of the molecule is C[C@@H](O)[C@H](NC(=O)CSc1ccc(F)c(F)c1)C(=O)O. The number of rotatable bonds is 6. The van der Waals surface area contributed by atoms with Crippen LogP contribution < -0.4 is 5.32 Å². The number of carboxylic acid groups (broad SMARTS) is 1. The molecular weight excluding hydrogens is 292 g/mol. The van der Waals surface area contributed by atoms with E-state index in [9.17, 15) is 23.5 Å². The lowest BCUT2D eigenvalue weighted by Crippen LogP contribution is -2.48. The zero-order chi connectivity index (χ0) is 15.3. The number of hydrogen-bond acceptors (Lipinski definition) is 4. The largest absolute Gasteiger partial charge is 0.480 e. The van der Waals surface area contributed by atoms with E-state index in [0.717, 1.165) is 23.9 Å². The number of carboxylic acids is 1. The van der Waals surface area contributed by atoms with Gasteiger partial charge >= 0.3 is 5.97 Å². The Hall–Kier alpha value is -1.67. The minimum atomic E-state index is -1.41. The summed E-state index contributed by atoms with van der Waals surface area (Å²) in [5, 5.41) is 20.1. The number of halogens is 2. The van der Waals surface area contributed by atoms with Gasteiger partial charge in [0.15, 0.2) is 17.7 Å². The Kier molecular flexibility index (Phi) is 5.90. The summed E-state index contributed by atoms with van der Waals surface area (Å²) in [4.78, 5) is 22.6. The lowest BCUT2D eigenvalue weighted by Gasteiger charge is -2.16. The molecule has 0 bridgehead atoms. The quantitative estimate of drug-likeness (QED) is 0.683. The van der Waals surface area contributed by atoms with Crippen molar-refractivity contribution in [1.29, 1.82) is 0 Å². The van der Waals surface area contributed by atoms with Crippen LogP contribution in [0.15, 0.2) is 23.1 Å². The molecule has 0 aliphatic carbocycles. The smallest absolute Gasteiger partial charge is 0.328 e. The molecule has 0 saturated heterocycles. The van der Waals surface area contributed by atoms with Gasteiger partial charge in [0.25, 0.3) is 0 Å². The molecule has 1 aromatic rings. The maximum atomic E-state index is 12.9. The molecule has 20 heavy (non-hydrogen) atoms. The van der Waals surface area contributed by atoms with Crippen LogP contribution in [0.5, 0.6) is 0 Å². The van der Waals surface area contributed by atoms with Crippen LogP contribution in [0, 0.1) is 11.6 Å². The Labute approximate surface area is 118 Å². The predicted octanol–water partition coefficient (Wildman–Crippen LogP) is 1.01. The Morgan fingerprint density at radius 2 is 2.00 bits per heavy atom. The number of benzene rings is 1. The van der Waals surface area contributed by atoms with Gasteiger partial charge in [0.1, 0.15) is 0 Å². The van der Waals surface area contributed by atoms with Crippen LogP contribution in [0.2, 0.25) is 0 Å². The third kappa shape index (κ3) is 4.78. The van der Waals surface area contributed by atoms with Gasteiger partial charge in [-0.3, -0.25) is 4.79 Å². The molecule has 1 rings (SSSR count). The summed E-state index contributed by atoms with van der Waals surface area (Å²) in [7, 11) is 0. The van der Waals surface area contributed by atoms with E-state index in [-0.39, 0.29) is 5.75 Å². The van der Waals surface area contributed by atoms with Crippen molar-refractivity contribution in [3.8, 4) is 0 Å². The zero-order valence-electron chi connectivity index (χ0n) is 10.5. The van der Waals surface area contributed by atoms with Crippen LogP contribution in [0.3, 0.4) is 0 Å². The molecule has 0 unspecified atom stereocenters. The van der Waals surface area contributed by atoms with Gasteiger partial charge in [-0.25, -0.2) is 13.6 Å². The molecule has 0 aliphatic heterocycles. The van der Waals surface area contributed by atoms with Crippen molar-refractivity contribution in [3.63, 3.8) is 0 Å². The van der Waals surface area contributed by atoms with Gasteiger partial charge in [0, 0.05) is 4.90 Å². The molecule has 8 heteroatoms. The molecule has 0 spiro atoms. The molecule has 0 aromatic heterocycles. The van der Waals surface area contributed by atoms with Crippen molar-refractivity contribution in [3.05, 3.63) is 29.8 Å². The zero-order valence-corrected chi connectivity index (χ0v) is 11.3. The first kappa shape index (κ1) is 16.4.